The van der Waals surface area contributed by atoms with Gasteiger partial charge in [-0.25, -0.2) is 0 Å². The SMILES string of the molecule is CCc1cc(CC)cc([Si](c2cc(CC)cc(CC)c2)(c2cc(CC)cc(CC)c2)C2c3[c-]cccc3-c3ccccc32)c1.[Cl][Ti+]([Cl])[Cl]. The summed E-state index contributed by atoms with van der Waals surface area (Å²) in [5.41, 5.74) is 14.5. The van der Waals surface area contributed by atoms with Crippen molar-refractivity contribution in [2.75, 3.05) is 0 Å². The molecular weight excluding hydrogens is 699 g/mol. The molecule has 0 saturated heterocycles. The average Bonchev–Trinajstić information content (AvgIpc) is 3.45. The first-order valence-electron chi connectivity index (χ1n) is 17.6. The molecule has 0 bridgehead atoms. The maximum absolute atomic E-state index is 4.97. The maximum atomic E-state index is 4.97. The fourth-order valence-corrected chi connectivity index (χ4v) is 13.6. The number of halogens is 3. The van der Waals surface area contributed by atoms with E-state index in [-0.39, 0.29) is 5.54 Å². The van der Waals surface area contributed by atoms with Gasteiger partial charge in [0, 0.05) is 0 Å². The van der Waals surface area contributed by atoms with Gasteiger partial charge in [0.05, 0.1) is 0 Å². The third-order valence-corrected chi connectivity index (χ3v) is 15.2. The van der Waals surface area contributed by atoms with Crippen LogP contribution in [0.15, 0.2) is 97.1 Å². The Morgan fingerprint density at radius 3 is 1.25 bits per heavy atom. The molecule has 1 aliphatic rings. The van der Waals surface area contributed by atoms with Gasteiger partial charge in [-0.1, -0.05) is 126 Å². The zero-order chi connectivity index (χ0) is 34.4. The van der Waals surface area contributed by atoms with Gasteiger partial charge in [0.2, 0.25) is 0 Å². The molecule has 48 heavy (non-hydrogen) atoms. The van der Waals surface area contributed by atoms with Gasteiger partial charge in [-0.3, -0.25) is 0 Å². The van der Waals surface area contributed by atoms with Gasteiger partial charge in [0.1, 0.15) is 0 Å². The Labute approximate surface area is 308 Å². The van der Waals surface area contributed by atoms with Crippen LogP contribution in [0.5, 0.6) is 0 Å². The zero-order valence-corrected chi connectivity index (χ0v) is 34.0. The third kappa shape index (κ3) is 7.48. The minimum absolute atomic E-state index is 0.223. The minimum atomic E-state index is -2.81. The first-order valence-corrected chi connectivity index (χ1v) is 26.1. The quantitative estimate of drug-likeness (QED) is 0.0759. The van der Waals surface area contributed by atoms with Crippen molar-refractivity contribution in [2.45, 2.75) is 85.6 Å². The molecule has 0 aromatic heterocycles. The van der Waals surface area contributed by atoms with Crippen molar-refractivity contribution in [2.24, 2.45) is 0 Å². The predicted octanol–water partition coefficient (Wildman–Crippen LogP) is 10.7. The van der Waals surface area contributed by atoms with Crippen molar-refractivity contribution < 1.29 is 14.7 Å². The summed E-state index contributed by atoms with van der Waals surface area (Å²) in [4.78, 5) is 0. The number of aryl methyl sites for hydroxylation is 6. The molecule has 5 aromatic rings. The summed E-state index contributed by atoms with van der Waals surface area (Å²) in [6, 6.07) is 42.7. The second-order valence-electron chi connectivity index (χ2n) is 12.8. The van der Waals surface area contributed by atoms with Crippen LogP contribution in [0.25, 0.3) is 11.1 Å². The van der Waals surface area contributed by atoms with Gasteiger partial charge in [0.15, 0.2) is 8.07 Å². The first-order chi connectivity index (χ1) is 23.2. The van der Waals surface area contributed by atoms with E-state index < -0.39 is 22.8 Å². The molecule has 1 unspecified atom stereocenters. The van der Waals surface area contributed by atoms with Gasteiger partial charge in [-0.2, -0.15) is 24.3 Å². The standard InChI is InChI=1S/C43H47Si.3ClH.Ti/c1-7-30-21-31(8-2)25-36(24-30)44(37-26-32(9-3)22-33(10-4)27-37,38-28-34(11-5)23-35(12-6)29-38)43-41-19-15-13-17-39(41)40-18-14-16-20-42(40)43;;;;/h13-19,21-29,43H,7-12H2,1-6H3;3*1H;/q-1;;;;+4/p-3. The number of hydrogen-bond donors (Lipinski definition) is 0. The summed E-state index contributed by atoms with van der Waals surface area (Å²) >= 11 is -1.92. The van der Waals surface area contributed by atoms with Crippen molar-refractivity contribution in [1.29, 1.82) is 0 Å². The summed E-state index contributed by atoms with van der Waals surface area (Å²) < 4.78 is 0. The van der Waals surface area contributed by atoms with Gasteiger partial charge in [0.25, 0.3) is 0 Å². The molecular formula is C43H47Cl3SiTi. The topological polar surface area (TPSA) is 0 Å². The van der Waals surface area contributed by atoms with E-state index in [4.69, 9.17) is 27.9 Å². The monoisotopic (exact) mass is 744 g/mol. The molecule has 1 aliphatic carbocycles. The number of rotatable bonds is 10. The second-order valence-corrected chi connectivity index (χ2v) is 24.4. The first kappa shape index (κ1) is 37.2. The van der Waals surface area contributed by atoms with Crippen LogP contribution < -0.4 is 15.6 Å². The van der Waals surface area contributed by atoms with E-state index in [1.807, 2.05) is 0 Å². The van der Waals surface area contributed by atoms with Crippen molar-refractivity contribution in [1.82, 2.24) is 0 Å². The van der Waals surface area contributed by atoms with Crippen LogP contribution in [0, 0.1) is 6.07 Å². The molecule has 0 fully saturated rings. The number of benzene rings is 5. The fourth-order valence-electron chi connectivity index (χ4n) is 7.72. The summed E-state index contributed by atoms with van der Waals surface area (Å²) in [6.45, 7) is 13.9. The summed E-state index contributed by atoms with van der Waals surface area (Å²) in [5, 5.41) is 4.64. The molecule has 0 heterocycles. The average molecular weight is 746 g/mol. The van der Waals surface area contributed by atoms with Crippen LogP contribution in [0.2, 0.25) is 0 Å². The van der Waals surface area contributed by atoms with Gasteiger partial charge < -0.3 is 0 Å². The Morgan fingerprint density at radius 2 is 0.875 bits per heavy atom. The van der Waals surface area contributed by atoms with Crippen molar-refractivity contribution in [3.05, 3.63) is 148 Å². The number of fused-ring (bicyclic) bond motifs is 3. The fraction of sp³-hybridized carbons (Fsp3) is 0.302. The van der Waals surface area contributed by atoms with Crippen LogP contribution in [-0.4, -0.2) is 8.07 Å². The van der Waals surface area contributed by atoms with E-state index >= 15 is 0 Å². The van der Waals surface area contributed by atoms with Crippen LogP contribution >= 0.6 is 27.9 Å². The third-order valence-electron chi connectivity index (χ3n) is 10.1. The van der Waals surface area contributed by atoms with Crippen molar-refractivity contribution >= 4 is 51.5 Å². The van der Waals surface area contributed by atoms with E-state index in [2.05, 4.69) is 145 Å². The zero-order valence-electron chi connectivity index (χ0n) is 29.2. The summed E-state index contributed by atoms with van der Waals surface area (Å²) in [5.74, 6) is 0. The second kappa shape index (κ2) is 16.7. The van der Waals surface area contributed by atoms with E-state index in [0.717, 1.165) is 38.5 Å². The Morgan fingerprint density at radius 1 is 0.521 bits per heavy atom. The molecule has 1 atom stereocenters. The molecule has 0 aliphatic heterocycles. The molecule has 248 valence electrons. The summed E-state index contributed by atoms with van der Waals surface area (Å²) in [6.07, 6.45) is 6.25. The molecule has 0 N–H and O–H groups in total. The molecule has 5 aromatic carbocycles. The van der Waals surface area contributed by atoms with Crippen LogP contribution in [0.1, 0.15) is 91.6 Å². The van der Waals surface area contributed by atoms with E-state index in [9.17, 15) is 0 Å². The van der Waals surface area contributed by atoms with E-state index in [0.29, 0.717) is 0 Å². The number of hydrogen-bond acceptors (Lipinski definition) is 0. The molecule has 0 amide bonds. The summed E-state index contributed by atoms with van der Waals surface area (Å²) in [7, 11) is 12.1. The Hall–Kier alpha value is -2.10. The molecule has 0 saturated carbocycles. The molecule has 5 heteroatoms. The van der Waals surface area contributed by atoms with Gasteiger partial charge in [-0.15, -0.1) is 11.1 Å². The normalized spacial score (nSPS) is 13.4. The molecule has 6 rings (SSSR count). The van der Waals surface area contributed by atoms with Gasteiger partial charge >= 0.3 is 42.6 Å². The predicted molar refractivity (Wildman–Crippen MR) is 210 cm³/mol. The Kier molecular flexibility index (Phi) is 13.0. The van der Waals surface area contributed by atoms with Crippen LogP contribution in [0.4, 0.5) is 0 Å². The van der Waals surface area contributed by atoms with Crippen LogP contribution in [0.3, 0.4) is 0 Å². The van der Waals surface area contributed by atoms with Crippen molar-refractivity contribution in [3.63, 3.8) is 0 Å². The van der Waals surface area contributed by atoms with Gasteiger partial charge in [-0.05, 0) is 98.6 Å². The molecule has 0 radical (unpaired) electrons. The van der Waals surface area contributed by atoms with E-state index in [1.165, 1.54) is 55.6 Å². The van der Waals surface area contributed by atoms with Crippen molar-refractivity contribution in [3.8, 4) is 11.1 Å². The molecule has 0 spiro atoms. The van der Waals surface area contributed by atoms with Crippen LogP contribution in [-0.2, 0) is 53.2 Å². The molecule has 0 nitrogen and oxygen atoms in total. The Balaban J connectivity index is 0.00000107. The Bertz CT molecular complexity index is 1610. The van der Waals surface area contributed by atoms with E-state index in [1.54, 1.807) is 15.6 Å².